The average molecular weight is 372 g/mol. The molecule has 0 spiro atoms. The fraction of sp³-hybridized carbons (Fsp3) is 0.143. The Hall–Kier alpha value is -3.74. The summed E-state index contributed by atoms with van der Waals surface area (Å²) >= 11 is 0. The normalized spacial score (nSPS) is 11.9. The topological polar surface area (TPSA) is 77.6 Å². The van der Waals surface area contributed by atoms with Crippen molar-refractivity contribution in [1.82, 2.24) is 29.9 Å². The van der Waals surface area contributed by atoms with Gasteiger partial charge in [-0.25, -0.2) is 9.67 Å². The van der Waals surface area contributed by atoms with Gasteiger partial charge >= 0.3 is 0 Å². The van der Waals surface area contributed by atoms with Gasteiger partial charge in [0.05, 0.1) is 18.3 Å². The van der Waals surface area contributed by atoms with Gasteiger partial charge in [-0.1, -0.05) is 24.3 Å². The van der Waals surface area contributed by atoms with Gasteiger partial charge in [-0.2, -0.15) is 10.2 Å². The molecule has 1 N–H and O–H groups in total. The molecule has 1 unspecified atom stereocenters. The van der Waals surface area contributed by atoms with Crippen molar-refractivity contribution in [2.75, 3.05) is 0 Å². The molecule has 2 aromatic heterocycles. The molecule has 28 heavy (non-hydrogen) atoms. The van der Waals surface area contributed by atoms with Crippen LogP contribution in [-0.4, -0.2) is 30.5 Å². The van der Waals surface area contributed by atoms with Crippen LogP contribution in [0.5, 0.6) is 0 Å². The Morgan fingerprint density at radius 2 is 1.86 bits per heavy atom. The molecule has 4 rings (SSSR count). The molecule has 0 aliphatic heterocycles. The molecular formula is C21H20N6O. The molecule has 0 saturated carbocycles. The first-order valence-corrected chi connectivity index (χ1v) is 9.01. The zero-order chi connectivity index (χ0) is 19.3. The maximum atomic E-state index is 12.6. The van der Waals surface area contributed by atoms with E-state index in [1.54, 1.807) is 17.2 Å². The van der Waals surface area contributed by atoms with E-state index in [-0.39, 0.29) is 11.9 Å². The van der Waals surface area contributed by atoms with Gasteiger partial charge < -0.3 is 5.32 Å². The van der Waals surface area contributed by atoms with Crippen molar-refractivity contribution in [2.24, 2.45) is 0 Å². The predicted octanol–water partition coefficient (Wildman–Crippen LogP) is 3.00. The van der Waals surface area contributed by atoms with Crippen LogP contribution in [0, 0.1) is 0 Å². The molecule has 2 heterocycles. The standard InChI is InChI=1S/C21H20N6O/c1-16(18-7-9-20(10-8-18)27-15-22-14-24-27)25-21(28)19-5-3-17(4-6-19)13-26-12-2-11-23-26/h2-12,14-16H,13H2,1H3,(H,25,28). The number of aromatic nitrogens is 5. The lowest BCUT2D eigenvalue weighted by Crippen LogP contribution is -2.26. The first-order chi connectivity index (χ1) is 13.7. The van der Waals surface area contributed by atoms with Crippen LogP contribution in [0.15, 0.2) is 79.6 Å². The van der Waals surface area contributed by atoms with Crippen molar-refractivity contribution in [2.45, 2.75) is 19.5 Å². The third-order valence-corrected chi connectivity index (χ3v) is 4.54. The van der Waals surface area contributed by atoms with Crippen LogP contribution in [0.3, 0.4) is 0 Å². The number of carbonyl (C=O) groups excluding carboxylic acids is 1. The third-order valence-electron chi connectivity index (χ3n) is 4.54. The predicted molar refractivity (Wildman–Crippen MR) is 105 cm³/mol. The molecule has 0 fully saturated rings. The summed E-state index contributed by atoms with van der Waals surface area (Å²) in [5.41, 5.74) is 3.67. The Bertz CT molecular complexity index is 1020. The van der Waals surface area contributed by atoms with Gasteiger partial charge in [-0.05, 0) is 48.4 Å². The minimum atomic E-state index is -0.110. The summed E-state index contributed by atoms with van der Waals surface area (Å²) in [5.74, 6) is -0.0986. The maximum Gasteiger partial charge on any atom is 0.251 e. The van der Waals surface area contributed by atoms with Crippen molar-refractivity contribution in [1.29, 1.82) is 0 Å². The van der Waals surface area contributed by atoms with Gasteiger partial charge in [0.25, 0.3) is 5.91 Å². The Morgan fingerprint density at radius 3 is 2.50 bits per heavy atom. The minimum absolute atomic E-state index is 0.0986. The van der Waals surface area contributed by atoms with Crippen LogP contribution in [0.4, 0.5) is 0 Å². The SMILES string of the molecule is CC(NC(=O)c1ccc(Cn2cccn2)cc1)c1ccc(-n2cncn2)cc1. The largest absolute Gasteiger partial charge is 0.346 e. The molecule has 140 valence electrons. The Kier molecular flexibility index (Phi) is 4.97. The molecule has 1 amide bonds. The van der Waals surface area contributed by atoms with Gasteiger partial charge in [0.1, 0.15) is 12.7 Å². The van der Waals surface area contributed by atoms with Crippen molar-refractivity contribution in [3.8, 4) is 5.69 Å². The Morgan fingerprint density at radius 1 is 1.07 bits per heavy atom. The van der Waals surface area contributed by atoms with Gasteiger partial charge in [0.2, 0.25) is 0 Å². The minimum Gasteiger partial charge on any atom is -0.346 e. The highest BCUT2D eigenvalue weighted by Gasteiger charge is 2.12. The second-order valence-corrected chi connectivity index (χ2v) is 6.53. The summed E-state index contributed by atoms with van der Waals surface area (Å²) in [6.07, 6.45) is 6.81. The van der Waals surface area contributed by atoms with Crippen LogP contribution in [-0.2, 0) is 6.54 Å². The summed E-state index contributed by atoms with van der Waals surface area (Å²) in [4.78, 5) is 16.5. The van der Waals surface area contributed by atoms with E-state index >= 15 is 0 Å². The molecule has 7 nitrogen and oxygen atoms in total. The van der Waals surface area contributed by atoms with E-state index in [2.05, 4.69) is 20.5 Å². The number of nitrogens with one attached hydrogen (secondary N) is 1. The maximum absolute atomic E-state index is 12.6. The molecule has 0 saturated heterocycles. The Labute approximate surface area is 162 Å². The number of hydrogen-bond acceptors (Lipinski definition) is 4. The molecule has 2 aromatic carbocycles. The monoisotopic (exact) mass is 372 g/mol. The zero-order valence-electron chi connectivity index (χ0n) is 15.4. The molecule has 7 heteroatoms. The zero-order valence-corrected chi connectivity index (χ0v) is 15.4. The first kappa shape index (κ1) is 17.7. The molecule has 0 aliphatic carbocycles. The number of hydrogen-bond donors (Lipinski definition) is 1. The Balaban J connectivity index is 1.38. The lowest BCUT2D eigenvalue weighted by Gasteiger charge is -2.15. The van der Waals surface area contributed by atoms with E-state index in [0.717, 1.165) is 16.8 Å². The van der Waals surface area contributed by atoms with E-state index in [4.69, 9.17) is 0 Å². The summed E-state index contributed by atoms with van der Waals surface area (Å²) in [7, 11) is 0. The van der Waals surface area contributed by atoms with Crippen molar-refractivity contribution >= 4 is 5.91 Å². The summed E-state index contributed by atoms with van der Waals surface area (Å²) in [6, 6.07) is 17.2. The van der Waals surface area contributed by atoms with Gasteiger partial charge in [-0.3, -0.25) is 9.48 Å². The van der Waals surface area contributed by atoms with Crippen LogP contribution in [0.2, 0.25) is 0 Å². The van der Waals surface area contributed by atoms with Gasteiger partial charge in [0, 0.05) is 18.0 Å². The van der Waals surface area contributed by atoms with Crippen molar-refractivity contribution in [3.63, 3.8) is 0 Å². The summed E-state index contributed by atoms with van der Waals surface area (Å²) in [6.45, 7) is 2.65. The smallest absolute Gasteiger partial charge is 0.251 e. The lowest BCUT2D eigenvalue weighted by atomic mass is 10.1. The number of carbonyl (C=O) groups is 1. The van der Waals surface area contributed by atoms with E-state index in [0.29, 0.717) is 12.1 Å². The summed E-state index contributed by atoms with van der Waals surface area (Å²) in [5, 5.41) is 11.3. The van der Waals surface area contributed by atoms with E-state index in [1.807, 2.05) is 72.4 Å². The highest BCUT2D eigenvalue weighted by Crippen LogP contribution is 2.16. The van der Waals surface area contributed by atoms with E-state index in [1.165, 1.54) is 6.33 Å². The van der Waals surface area contributed by atoms with Gasteiger partial charge in [0.15, 0.2) is 0 Å². The van der Waals surface area contributed by atoms with Crippen LogP contribution in [0.1, 0.15) is 34.5 Å². The van der Waals surface area contributed by atoms with Crippen molar-refractivity contribution < 1.29 is 4.79 Å². The lowest BCUT2D eigenvalue weighted by molar-refractivity contribution is 0.0940. The fourth-order valence-electron chi connectivity index (χ4n) is 2.96. The summed E-state index contributed by atoms with van der Waals surface area (Å²) < 4.78 is 3.54. The quantitative estimate of drug-likeness (QED) is 0.564. The molecule has 0 radical (unpaired) electrons. The second-order valence-electron chi connectivity index (χ2n) is 6.53. The van der Waals surface area contributed by atoms with E-state index in [9.17, 15) is 4.79 Å². The van der Waals surface area contributed by atoms with Crippen molar-refractivity contribution in [3.05, 3.63) is 96.3 Å². The third kappa shape index (κ3) is 3.98. The highest BCUT2D eigenvalue weighted by atomic mass is 16.1. The fourth-order valence-corrected chi connectivity index (χ4v) is 2.96. The first-order valence-electron chi connectivity index (χ1n) is 9.01. The second kappa shape index (κ2) is 7.87. The number of benzene rings is 2. The number of nitrogens with zero attached hydrogens (tertiary/aromatic N) is 5. The average Bonchev–Trinajstić information content (AvgIpc) is 3.43. The van der Waals surface area contributed by atoms with Crippen LogP contribution >= 0.6 is 0 Å². The van der Waals surface area contributed by atoms with Gasteiger partial charge in [-0.15, -0.1) is 0 Å². The molecular weight excluding hydrogens is 352 g/mol. The molecule has 1 atom stereocenters. The number of rotatable bonds is 6. The number of amides is 1. The van der Waals surface area contributed by atoms with Crippen LogP contribution in [0.25, 0.3) is 5.69 Å². The van der Waals surface area contributed by atoms with E-state index < -0.39 is 0 Å². The van der Waals surface area contributed by atoms with Crippen LogP contribution < -0.4 is 5.32 Å². The molecule has 4 aromatic rings. The molecule has 0 aliphatic rings. The highest BCUT2D eigenvalue weighted by molar-refractivity contribution is 5.94. The molecule has 0 bridgehead atoms.